The molecule has 0 saturated carbocycles. The number of fused-ring (bicyclic) bond motifs is 1. The van der Waals surface area contributed by atoms with Crippen molar-refractivity contribution >= 4 is 22.6 Å². The molecule has 6 nitrogen and oxygen atoms in total. The second-order valence-electron chi connectivity index (χ2n) is 6.88. The Hall–Kier alpha value is -2.83. The smallest absolute Gasteiger partial charge is 0.225 e. The molecule has 0 spiro atoms. The van der Waals surface area contributed by atoms with Crippen LogP contribution in [0.3, 0.4) is 0 Å². The Bertz CT molecular complexity index is 955. The molecule has 0 radical (unpaired) electrons. The van der Waals surface area contributed by atoms with E-state index in [1.54, 1.807) is 11.8 Å². The van der Waals surface area contributed by atoms with Crippen molar-refractivity contribution in [1.82, 2.24) is 14.9 Å². The number of rotatable bonds is 5. The van der Waals surface area contributed by atoms with Gasteiger partial charge < -0.3 is 4.74 Å². The van der Waals surface area contributed by atoms with Gasteiger partial charge in [0.2, 0.25) is 5.91 Å². The van der Waals surface area contributed by atoms with Gasteiger partial charge in [-0.25, -0.2) is 9.97 Å². The lowest BCUT2D eigenvalue weighted by atomic mass is 10.1. The Morgan fingerprint density at radius 3 is 2.50 bits per heavy atom. The third-order valence-electron chi connectivity index (χ3n) is 4.99. The summed E-state index contributed by atoms with van der Waals surface area (Å²) in [7, 11) is 0. The third kappa shape index (κ3) is 4.03. The van der Waals surface area contributed by atoms with E-state index in [2.05, 4.69) is 4.90 Å². The molecule has 4 rings (SSSR count). The Labute approximate surface area is 164 Å². The summed E-state index contributed by atoms with van der Waals surface area (Å²) in [6.45, 7) is 6.26. The van der Waals surface area contributed by atoms with Crippen molar-refractivity contribution in [3.05, 3.63) is 54.6 Å². The predicted molar refractivity (Wildman–Crippen MR) is 110 cm³/mol. The Kier molecular flexibility index (Phi) is 5.60. The first-order chi connectivity index (χ1) is 13.7. The highest BCUT2D eigenvalue weighted by atomic mass is 16.5. The van der Waals surface area contributed by atoms with Crippen molar-refractivity contribution in [2.45, 2.75) is 6.92 Å². The largest absolute Gasteiger partial charge is 0.379 e. The van der Waals surface area contributed by atoms with Gasteiger partial charge in [-0.05, 0) is 12.1 Å². The van der Waals surface area contributed by atoms with Crippen molar-refractivity contribution in [2.24, 2.45) is 0 Å². The number of hydrogen-bond acceptors (Lipinski definition) is 5. The standard InChI is InChI=1S/C22H24N4O2/c1-17(27)26(12-11-25-13-15-28-16-14-25)22-19-9-5-6-10-20(19)23-21(24-22)18-7-3-2-4-8-18/h2-10H,11-16H2,1H3. The molecule has 0 atom stereocenters. The minimum absolute atomic E-state index is 0.0175. The fraction of sp³-hybridized carbons (Fsp3) is 0.318. The van der Waals surface area contributed by atoms with E-state index in [9.17, 15) is 4.79 Å². The topological polar surface area (TPSA) is 58.6 Å². The molecule has 1 fully saturated rings. The van der Waals surface area contributed by atoms with E-state index in [4.69, 9.17) is 14.7 Å². The average Bonchev–Trinajstić information content (AvgIpc) is 2.75. The molecule has 6 heteroatoms. The number of nitrogens with zero attached hydrogens (tertiary/aromatic N) is 4. The third-order valence-corrected chi connectivity index (χ3v) is 4.99. The normalized spacial score (nSPS) is 14.9. The number of morpholine rings is 1. The molecule has 0 aliphatic carbocycles. The highest BCUT2D eigenvalue weighted by molar-refractivity contribution is 6.00. The molecule has 1 aliphatic rings. The zero-order valence-corrected chi connectivity index (χ0v) is 16.0. The Morgan fingerprint density at radius 2 is 1.75 bits per heavy atom. The van der Waals surface area contributed by atoms with Crippen LogP contribution in [0, 0.1) is 0 Å². The molecule has 0 bridgehead atoms. The van der Waals surface area contributed by atoms with Crippen molar-refractivity contribution in [2.75, 3.05) is 44.3 Å². The average molecular weight is 376 g/mol. The number of benzene rings is 2. The first kappa shape index (κ1) is 18.5. The summed E-state index contributed by atoms with van der Waals surface area (Å²) < 4.78 is 5.42. The monoisotopic (exact) mass is 376 g/mol. The van der Waals surface area contributed by atoms with Gasteiger partial charge >= 0.3 is 0 Å². The summed E-state index contributed by atoms with van der Waals surface area (Å²) in [5, 5.41) is 0.888. The highest BCUT2D eigenvalue weighted by Gasteiger charge is 2.20. The molecular formula is C22H24N4O2. The van der Waals surface area contributed by atoms with Crippen LogP contribution < -0.4 is 4.90 Å². The van der Waals surface area contributed by atoms with Crippen LogP contribution in [-0.2, 0) is 9.53 Å². The van der Waals surface area contributed by atoms with Crippen LogP contribution >= 0.6 is 0 Å². The second kappa shape index (κ2) is 8.46. The zero-order valence-electron chi connectivity index (χ0n) is 16.0. The fourth-order valence-corrected chi connectivity index (χ4v) is 3.46. The summed E-state index contributed by atoms with van der Waals surface area (Å²) >= 11 is 0. The first-order valence-electron chi connectivity index (χ1n) is 9.63. The van der Waals surface area contributed by atoms with Gasteiger partial charge in [0.25, 0.3) is 0 Å². The molecule has 1 amide bonds. The SMILES string of the molecule is CC(=O)N(CCN1CCOCC1)c1nc(-c2ccccc2)nc2ccccc12. The van der Waals surface area contributed by atoms with E-state index in [1.165, 1.54) is 0 Å². The van der Waals surface area contributed by atoms with Crippen molar-refractivity contribution in [1.29, 1.82) is 0 Å². The second-order valence-corrected chi connectivity index (χ2v) is 6.88. The van der Waals surface area contributed by atoms with Gasteiger partial charge in [-0.15, -0.1) is 0 Å². The quantitative estimate of drug-likeness (QED) is 0.685. The molecule has 2 heterocycles. The van der Waals surface area contributed by atoms with Gasteiger partial charge in [0.1, 0.15) is 5.82 Å². The maximum Gasteiger partial charge on any atom is 0.225 e. The summed E-state index contributed by atoms with van der Waals surface area (Å²) in [5.74, 6) is 1.29. The lowest BCUT2D eigenvalue weighted by Gasteiger charge is -2.29. The fourth-order valence-electron chi connectivity index (χ4n) is 3.46. The van der Waals surface area contributed by atoms with Crippen molar-refractivity contribution in [3.63, 3.8) is 0 Å². The molecular weight excluding hydrogens is 352 g/mol. The highest BCUT2D eigenvalue weighted by Crippen LogP contribution is 2.27. The maximum absolute atomic E-state index is 12.5. The molecule has 0 N–H and O–H groups in total. The molecule has 144 valence electrons. The van der Waals surface area contributed by atoms with Crippen LogP contribution in [0.1, 0.15) is 6.92 Å². The van der Waals surface area contributed by atoms with Crippen LogP contribution in [0.2, 0.25) is 0 Å². The van der Waals surface area contributed by atoms with Gasteiger partial charge in [-0.3, -0.25) is 14.6 Å². The molecule has 0 unspecified atom stereocenters. The molecule has 2 aromatic carbocycles. The van der Waals surface area contributed by atoms with Gasteiger partial charge in [0, 0.05) is 44.1 Å². The number of ether oxygens (including phenoxy) is 1. The van der Waals surface area contributed by atoms with E-state index < -0.39 is 0 Å². The van der Waals surface area contributed by atoms with Gasteiger partial charge in [-0.1, -0.05) is 42.5 Å². The number of carbonyl (C=O) groups excluding carboxylic acids is 1. The Balaban J connectivity index is 1.72. The Morgan fingerprint density at radius 1 is 1.04 bits per heavy atom. The van der Waals surface area contributed by atoms with Crippen LogP contribution in [0.25, 0.3) is 22.3 Å². The minimum atomic E-state index is -0.0175. The van der Waals surface area contributed by atoms with E-state index in [0.29, 0.717) is 18.2 Å². The number of hydrogen-bond donors (Lipinski definition) is 0. The number of carbonyl (C=O) groups is 1. The zero-order chi connectivity index (χ0) is 19.3. The van der Waals surface area contributed by atoms with E-state index in [1.807, 2.05) is 54.6 Å². The van der Waals surface area contributed by atoms with Gasteiger partial charge in [0.15, 0.2) is 5.82 Å². The van der Waals surface area contributed by atoms with Gasteiger partial charge in [0.05, 0.1) is 18.7 Å². The number of aromatic nitrogens is 2. The lowest BCUT2D eigenvalue weighted by molar-refractivity contribution is -0.116. The van der Waals surface area contributed by atoms with Crippen LogP contribution in [-0.4, -0.2) is 60.2 Å². The maximum atomic E-state index is 12.5. The van der Waals surface area contributed by atoms with E-state index >= 15 is 0 Å². The van der Waals surface area contributed by atoms with Gasteiger partial charge in [-0.2, -0.15) is 0 Å². The van der Waals surface area contributed by atoms with Crippen molar-refractivity contribution in [3.8, 4) is 11.4 Å². The predicted octanol–water partition coefficient (Wildman–Crippen LogP) is 2.98. The summed E-state index contributed by atoms with van der Waals surface area (Å²) in [5.41, 5.74) is 1.77. The first-order valence-corrected chi connectivity index (χ1v) is 9.63. The van der Waals surface area contributed by atoms with E-state index in [-0.39, 0.29) is 5.91 Å². The molecule has 28 heavy (non-hydrogen) atoms. The van der Waals surface area contributed by atoms with Crippen LogP contribution in [0.4, 0.5) is 5.82 Å². The summed E-state index contributed by atoms with van der Waals surface area (Å²) in [6.07, 6.45) is 0. The molecule has 1 aliphatic heterocycles. The minimum Gasteiger partial charge on any atom is -0.379 e. The number of para-hydroxylation sites is 1. The summed E-state index contributed by atoms with van der Waals surface area (Å²) in [4.78, 5) is 26.2. The van der Waals surface area contributed by atoms with Crippen molar-refractivity contribution < 1.29 is 9.53 Å². The van der Waals surface area contributed by atoms with Crippen LogP contribution in [0.5, 0.6) is 0 Å². The molecule has 1 aromatic heterocycles. The summed E-state index contributed by atoms with van der Waals surface area (Å²) in [6, 6.07) is 17.7. The van der Waals surface area contributed by atoms with E-state index in [0.717, 1.165) is 49.3 Å². The number of amides is 1. The van der Waals surface area contributed by atoms with Crippen LogP contribution in [0.15, 0.2) is 54.6 Å². The molecule has 3 aromatic rings. The molecule has 1 saturated heterocycles. The number of anilines is 1. The lowest BCUT2D eigenvalue weighted by Crippen LogP contribution is -2.43.